The number of aromatic nitrogens is 2. The van der Waals surface area contributed by atoms with Gasteiger partial charge in [0.1, 0.15) is 19.0 Å². The van der Waals surface area contributed by atoms with Crippen molar-refractivity contribution in [1.82, 2.24) is 10.1 Å². The molecule has 0 aliphatic heterocycles. The van der Waals surface area contributed by atoms with Crippen LogP contribution in [0, 0.1) is 33.5 Å². The highest BCUT2D eigenvalue weighted by molar-refractivity contribution is 5.60. The lowest BCUT2D eigenvalue weighted by atomic mass is 10.1. The lowest BCUT2D eigenvalue weighted by Crippen LogP contribution is -2.11. The van der Waals surface area contributed by atoms with E-state index < -0.39 is 0 Å². The van der Waals surface area contributed by atoms with Gasteiger partial charge in [0.05, 0.1) is 0 Å². The van der Waals surface area contributed by atoms with Crippen LogP contribution in [0.4, 0.5) is 4.39 Å². The van der Waals surface area contributed by atoms with E-state index in [4.69, 9.17) is 14.0 Å². The third kappa shape index (κ3) is 4.02. The summed E-state index contributed by atoms with van der Waals surface area (Å²) >= 11 is 0. The average molecular weight is 356 g/mol. The lowest BCUT2D eigenvalue weighted by Gasteiger charge is -2.14. The van der Waals surface area contributed by atoms with Crippen molar-refractivity contribution in [1.29, 1.82) is 0 Å². The van der Waals surface area contributed by atoms with E-state index in [1.54, 1.807) is 13.0 Å². The topological polar surface area (TPSA) is 57.4 Å². The highest BCUT2D eigenvalue weighted by Gasteiger charge is 2.12. The van der Waals surface area contributed by atoms with Gasteiger partial charge in [0, 0.05) is 12.5 Å². The minimum atomic E-state index is -0.364. The van der Waals surface area contributed by atoms with Crippen molar-refractivity contribution >= 4 is 0 Å². The molecule has 0 saturated heterocycles. The van der Waals surface area contributed by atoms with Gasteiger partial charge in [-0.25, -0.2) is 4.39 Å². The second kappa shape index (κ2) is 7.56. The minimum absolute atomic E-state index is 0.232. The summed E-state index contributed by atoms with van der Waals surface area (Å²) in [6.45, 7) is 8.07. The van der Waals surface area contributed by atoms with Gasteiger partial charge in [-0.15, -0.1) is 0 Å². The number of ether oxygens (including phenoxy) is 2. The van der Waals surface area contributed by atoms with Gasteiger partial charge >= 0.3 is 0 Å². The Bertz CT molecular complexity index is 898. The molecule has 0 radical (unpaired) electrons. The first-order valence-electron chi connectivity index (χ1n) is 8.37. The Kier molecular flexibility index (Phi) is 5.21. The molecule has 0 spiro atoms. The molecule has 26 heavy (non-hydrogen) atoms. The zero-order chi connectivity index (χ0) is 18.7. The maximum Gasteiger partial charge on any atom is 0.223 e. The highest BCUT2D eigenvalue weighted by Crippen LogP contribution is 2.29. The van der Waals surface area contributed by atoms with Gasteiger partial charge in [-0.3, -0.25) is 0 Å². The molecule has 0 saturated carbocycles. The summed E-state index contributed by atoms with van der Waals surface area (Å²) in [5, 5.41) is 3.94. The van der Waals surface area contributed by atoms with Gasteiger partial charge < -0.3 is 14.0 Å². The van der Waals surface area contributed by atoms with Gasteiger partial charge in [-0.2, -0.15) is 4.98 Å². The maximum atomic E-state index is 13.8. The molecular formula is C20H21FN2O3. The number of hydrogen-bond acceptors (Lipinski definition) is 5. The van der Waals surface area contributed by atoms with E-state index in [1.807, 2.05) is 39.0 Å². The van der Waals surface area contributed by atoms with Crippen LogP contribution in [0.5, 0.6) is 11.5 Å². The Morgan fingerprint density at radius 2 is 1.65 bits per heavy atom. The molecule has 1 heterocycles. The van der Waals surface area contributed by atoms with E-state index in [-0.39, 0.29) is 18.2 Å². The summed E-state index contributed by atoms with van der Waals surface area (Å²) in [4.78, 5) is 4.24. The second-order valence-electron chi connectivity index (χ2n) is 6.21. The number of benzene rings is 2. The van der Waals surface area contributed by atoms with E-state index in [2.05, 4.69) is 10.1 Å². The molecule has 0 fully saturated rings. The number of aryl methyl sites for hydroxylation is 4. The van der Waals surface area contributed by atoms with Crippen LogP contribution < -0.4 is 9.47 Å². The Morgan fingerprint density at radius 3 is 2.27 bits per heavy atom. The van der Waals surface area contributed by atoms with E-state index in [0.717, 1.165) is 28.0 Å². The molecular weight excluding hydrogens is 335 g/mol. The molecule has 136 valence electrons. The predicted molar refractivity (Wildman–Crippen MR) is 96.1 cm³/mol. The summed E-state index contributed by atoms with van der Waals surface area (Å²) in [6, 6.07) is 8.79. The minimum Gasteiger partial charge on any atom is -0.489 e. The molecule has 5 nitrogen and oxygen atoms in total. The molecule has 0 aliphatic carbocycles. The van der Waals surface area contributed by atoms with Crippen molar-refractivity contribution in [3.05, 3.63) is 58.7 Å². The lowest BCUT2D eigenvalue weighted by molar-refractivity contribution is 0.210. The molecule has 3 aromatic rings. The number of rotatable bonds is 6. The number of halogens is 1. The van der Waals surface area contributed by atoms with Crippen LogP contribution in [-0.4, -0.2) is 23.4 Å². The summed E-state index contributed by atoms with van der Waals surface area (Å²) in [6.07, 6.45) is 0. The summed E-state index contributed by atoms with van der Waals surface area (Å²) in [5.41, 5.74) is 3.66. The Morgan fingerprint density at radius 1 is 0.962 bits per heavy atom. The van der Waals surface area contributed by atoms with Crippen LogP contribution in [0.1, 0.15) is 22.6 Å². The van der Waals surface area contributed by atoms with Crippen LogP contribution in [0.15, 0.2) is 34.9 Å². The van der Waals surface area contributed by atoms with E-state index >= 15 is 0 Å². The molecule has 0 amide bonds. The summed E-state index contributed by atoms with van der Waals surface area (Å²) in [5.74, 6) is 1.73. The van der Waals surface area contributed by atoms with Gasteiger partial charge in [0.2, 0.25) is 11.7 Å². The summed E-state index contributed by atoms with van der Waals surface area (Å²) < 4.78 is 30.1. The van der Waals surface area contributed by atoms with Gasteiger partial charge in [0.15, 0.2) is 11.6 Å². The Balaban J connectivity index is 1.63. The maximum absolute atomic E-state index is 13.8. The first kappa shape index (κ1) is 17.9. The second-order valence-corrected chi connectivity index (χ2v) is 6.21. The SMILES string of the molecule is Cc1ccc(OCCOc2c(C)cc(-c3noc(C)n3)cc2C)c(F)c1. The third-order valence-corrected chi connectivity index (χ3v) is 3.92. The average Bonchev–Trinajstić information content (AvgIpc) is 3.01. The largest absolute Gasteiger partial charge is 0.489 e. The molecule has 1 aromatic heterocycles. The highest BCUT2D eigenvalue weighted by atomic mass is 19.1. The molecule has 2 aromatic carbocycles. The van der Waals surface area contributed by atoms with Crippen molar-refractivity contribution in [3.63, 3.8) is 0 Å². The van der Waals surface area contributed by atoms with Crippen molar-refractivity contribution < 1.29 is 18.4 Å². The fourth-order valence-electron chi connectivity index (χ4n) is 2.74. The van der Waals surface area contributed by atoms with Gasteiger partial charge in [-0.05, 0) is 61.7 Å². The molecule has 0 N–H and O–H groups in total. The molecule has 3 rings (SSSR count). The molecule has 0 unspecified atom stereocenters. The Labute approximate surface area is 151 Å². The fourth-order valence-corrected chi connectivity index (χ4v) is 2.74. The molecule has 0 aliphatic rings. The van der Waals surface area contributed by atoms with Crippen molar-refractivity contribution in [2.24, 2.45) is 0 Å². The first-order valence-corrected chi connectivity index (χ1v) is 8.37. The zero-order valence-electron chi connectivity index (χ0n) is 15.3. The standard InChI is InChI=1S/C20H21FN2O3/c1-12-5-6-18(17(21)9-12)24-7-8-25-19-13(2)10-16(11-14(19)3)20-22-15(4)26-23-20/h5-6,9-11H,7-8H2,1-4H3. The first-order chi connectivity index (χ1) is 12.4. The van der Waals surface area contributed by atoms with Gasteiger partial charge in [0.25, 0.3) is 0 Å². The van der Waals surface area contributed by atoms with E-state index in [1.165, 1.54) is 6.07 Å². The predicted octanol–water partition coefficient (Wildman–Crippen LogP) is 4.57. The van der Waals surface area contributed by atoms with Crippen LogP contribution in [0.2, 0.25) is 0 Å². The Hall–Kier alpha value is -2.89. The zero-order valence-corrected chi connectivity index (χ0v) is 15.3. The van der Waals surface area contributed by atoms with Crippen LogP contribution in [0.3, 0.4) is 0 Å². The van der Waals surface area contributed by atoms with Crippen molar-refractivity contribution in [3.8, 4) is 22.9 Å². The molecule has 0 bridgehead atoms. The van der Waals surface area contributed by atoms with Crippen LogP contribution in [0.25, 0.3) is 11.4 Å². The number of nitrogens with zero attached hydrogens (tertiary/aromatic N) is 2. The van der Waals surface area contributed by atoms with E-state index in [9.17, 15) is 4.39 Å². The van der Waals surface area contributed by atoms with Gasteiger partial charge in [-0.1, -0.05) is 11.2 Å². The van der Waals surface area contributed by atoms with Crippen molar-refractivity contribution in [2.45, 2.75) is 27.7 Å². The van der Waals surface area contributed by atoms with Crippen LogP contribution in [-0.2, 0) is 0 Å². The van der Waals surface area contributed by atoms with Crippen LogP contribution >= 0.6 is 0 Å². The smallest absolute Gasteiger partial charge is 0.223 e. The summed E-state index contributed by atoms with van der Waals surface area (Å²) in [7, 11) is 0. The molecule has 6 heteroatoms. The molecule has 0 atom stereocenters. The fraction of sp³-hybridized carbons (Fsp3) is 0.300. The van der Waals surface area contributed by atoms with Crippen molar-refractivity contribution in [2.75, 3.05) is 13.2 Å². The third-order valence-electron chi connectivity index (χ3n) is 3.92. The number of hydrogen-bond donors (Lipinski definition) is 0. The van der Waals surface area contributed by atoms with E-state index in [0.29, 0.717) is 18.3 Å². The normalized spacial score (nSPS) is 10.8. The monoisotopic (exact) mass is 356 g/mol. The quantitative estimate of drug-likeness (QED) is 0.606.